The van der Waals surface area contributed by atoms with Crippen molar-refractivity contribution in [1.29, 1.82) is 0 Å². The number of hydrogen-bond acceptors (Lipinski definition) is 2. The summed E-state index contributed by atoms with van der Waals surface area (Å²) in [4.78, 5) is 26.3. The summed E-state index contributed by atoms with van der Waals surface area (Å²) in [5.41, 5.74) is 2.90. The number of fused-ring (bicyclic) bond motifs is 1. The fourth-order valence-corrected chi connectivity index (χ4v) is 3.55. The highest BCUT2D eigenvalue weighted by atomic mass is 19.1. The number of para-hydroxylation sites is 1. The van der Waals surface area contributed by atoms with Crippen molar-refractivity contribution in [3.63, 3.8) is 0 Å². The van der Waals surface area contributed by atoms with Gasteiger partial charge in [-0.15, -0.1) is 0 Å². The minimum Gasteiger partial charge on any atom is -0.344 e. The number of amides is 3. The van der Waals surface area contributed by atoms with Gasteiger partial charge in [-0.25, -0.2) is 9.18 Å². The Morgan fingerprint density at radius 2 is 1.83 bits per heavy atom. The molecule has 1 saturated heterocycles. The highest BCUT2D eigenvalue weighted by Crippen LogP contribution is 2.28. The summed E-state index contributed by atoms with van der Waals surface area (Å²) in [7, 11) is 0. The summed E-state index contributed by atoms with van der Waals surface area (Å²) in [6.07, 6.45) is 4.73. The van der Waals surface area contributed by atoms with E-state index in [0.717, 1.165) is 27.8 Å². The first-order valence-corrected chi connectivity index (χ1v) is 9.66. The summed E-state index contributed by atoms with van der Waals surface area (Å²) in [5.74, 6) is -0.746. The van der Waals surface area contributed by atoms with Gasteiger partial charge in [0, 0.05) is 28.7 Å². The van der Waals surface area contributed by atoms with E-state index in [2.05, 4.69) is 29.8 Å². The van der Waals surface area contributed by atoms with Crippen LogP contribution in [0.2, 0.25) is 0 Å². The fraction of sp³-hybridized carbons (Fsp3) is 0.217. The van der Waals surface area contributed by atoms with Crippen LogP contribution >= 0.6 is 0 Å². The van der Waals surface area contributed by atoms with Gasteiger partial charge in [-0.2, -0.15) is 0 Å². The van der Waals surface area contributed by atoms with Gasteiger partial charge in [-0.05, 0) is 43.2 Å². The minimum atomic E-state index is -0.476. The first-order chi connectivity index (χ1) is 14.0. The number of urea groups is 1. The van der Waals surface area contributed by atoms with Crippen LogP contribution in [0.1, 0.15) is 37.4 Å². The lowest BCUT2D eigenvalue weighted by Gasteiger charge is -2.12. The standard InChI is InChI=1S/C23H22FN3O2/c1-3-15(2)26-14-17(19-6-4-5-7-21(19)26)12-20-22(28)27(23(29)25-20)13-16-8-10-18(24)11-9-16/h4-12,14-15H,3,13H2,1-2H3,(H,25,29). The van der Waals surface area contributed by atoms with E-state index in [1.165, 1.54) is 12.1 Å². The van der Waals surface area contributed by atoms with Crippen molar-refractivity contribution >= 4 is 28.9 Å². The zero-order valence-electron chi connectivity index (χ0n) is 16.4. The third kappa shape index (κ3) is 3.53. The Hall–Kier alpha value is -3.41. The van der Waals surface area contributed by atoms with Crippen LogP contribution < -0.4 is 5.32 Å². The van der Waals surface area contributed by atoms with Gasteiger partial charge < -0.3 is 9.88 Å². The van der Waals surface area contributed by atoms with E-state index >= 15 is 0 Å². The predicted molar refractivity (Wildman–Crippen MR) is 110 cm³/mol. The topological polar surface area (TPSA) is 54.3 Å². The third-order valence-corrected chi connectivity index (χ3v) is 5.35. The highest BCUT2D eigenvalue weighted by molar-refractivity contribution is 6.14. The van der Waals surface area contributed by atoms with Crippen LogP contribution in [0.25, 0.3) is 17.0 Å². The molecule has 148 valence electrons. The minimum absolute atomic E-state index is 0.0942. The normalized spacial score (nSPS) is 16.7. The molecular formula is C23H22FN3O2. The Morgan fingerprint density at radius 3 is 2.55 bits per heavy atom. The lowest BCUT2D eigenvalue weighted by Crippen LogP contribution is -2.30. The molecule has 2 aromatic carbocycles. The summed E-state index contributed by atoms with van der Waals surface area (Å²) < 4.78 is 15.3. The van der Waals surface area contributed by atoms with Gasteiger partial charge in [-0.3, -0.25) is 9.69 Å². The van der Waals surface area contributed by atoms with Crippen molar-refractivity contribution in [2.75, 3.05) is 0 Å². The molecule has 1 N–H and O–H groups in total. The monoisotopic (exact) mass is 391 g/mol. The molecule has 1 unspecified atom stereocenters. The first-order valence-electron chi connectivity index (χ1n) is 9.66. The van der Waals surface area contributed by atoms with Gasteiger partial charge in [0.25, 0.3) is 5.91 Å². The number of halogens is 1. The number of benzene rings is 2. The SMILES string of the molecule is CCC(C)n1cc(C=C2NC(=O)N(Cc3ccc(F)cc3)C2=O)c2ccccc21. The molecule has 5 nitrogen and oxygen atoms in total. The van der Waals surface area contributed by atoms with Gasteiger partial charge >= 0.3 is 6.03 Å². The summed E-state index contributed by atoms with van der Waals surface area (Å²) in [5, 5.41) is 3.69. The van der Waals surface area contributed by atoms with Gasteiger partial charge in [0.15, 0.2) is 0 Å². The molecule has 1 aliphatic heterocycles. The largest absolute Gasteiger partial charge is 0.344 e. The number of imide groups is 1. The van der Waals surface area contributed by atoms with E-state index in [9.17, 15) is 14.0 Å². The molecule has 0 aliphatic carbocycles. The molecule has 0 saturated carbocycles. The quantitative estimate of drug-likeness (QED) is 0.500. The van der Waals surface area contributed by atoms with Crippen LogP contribution in [-0.2, 0) is 11.3 Å². The second-order valence-electron chi connectivity index (χ2n) is 7.27. The fourth-order valence-electron chi connectivity index (χ4n) is 3.55. The number of hydrogen-bond donors (Lipinski definition) is 1. The van der Waals surface area contributed by atoms with E-state index in [4.69, 9.17) is 0 Å². The molecule has 3 amide bonds. The Bertz CT molecular complexity index is 1110. The molecule has 6 heteroatoms. The van der Waals surface area contributed by atoms with Gasteiger partial charge in [0.1, 0.15) is 11.5 Å². The van der Waals surface area contributed by atoms with E-state index in [1.54, 1.807) is 18.2 Å². The number of nitrogens with one attached hydrogen (secondary N) is 1. The van der Waals surface area contributed by atoms with Crippen molar-refractivity contribution in [3.8, 4) is 0 Å². The number of carbonyl (C=O) groups excluding carboxylic acids is 2. The Morgan fingerprint density at radius 1 is 1.10 bits per heavy atom. The average Bonchev–Trinajstić information content (AvgIpc) is 3.22. The molecular weight excluding hydrogens is 369 g/mol. The van der Waals surface area contributed by atoms with Crippen molar-refractivity contribution in [1.82, 2.24) is 14.8 Å². The van der Waals surface area contributed by atoms with E-state index in [0.29, 0.717) is 11.6 Å². The van der Waals surface area contributed by atoms with Gasteiger partial charge in [0.2, 0.25) is 0 Å². The lowest BCUT2D eigenvalue weighted by atomic mass is 10.1. The van der Waals surface area contributed by atoms with E-state index < -0.39 is 6.03 Å². The second kappa shape index (κ2) is 7.54. The smallest absolute Gasteiger partial charge is 0.329 e. The molecule has 4 rings (SSSR count). The van der Waals surface area contributed by atoms with Crippen LogP contribution in [0.15, 0.2) is 60.4 Å². The number of rotatable bonds is 5. The lowest BCUT2D eigenvalue weighted by molar-refractivity contribution is -0.123. The zero-order chi connectivity index (χ0) is 20.5. The second-order valence-corrected chi connectivity index (χ2v) is 7.27. The molecule has 3 aromatic rings. The Labute approximate surface area is 168 Å². The van der Waals surface area contributed by atoms with E-state index in [-0.39, 0.29) is 24.0 Å². The van der Waals surface area contributed by atoms with Crippen molar-refractivity contribution in [2.45, 2.75) is 32.9 Å². The number of nitrogens with zero attached hydrogens (tertiary/aromatic N) is 2. The number of carbonyl (C=O) groups is 2. The average molecular weight is 391 g/mol. The molecule has 0 spiro atoms. The van der Waals surface area contributed by atoms with Crippen molar-refractivity contribution in [2.24, 2.45) is 0 Å². The predicted octanol–water partition coefficient (Wildman–Crippen LogP) is 4.84. The Kier molecular flexibility index (Phi) is 4.92. The number of aromatic nitrogens is 1. The van der Waals surface area contributed by atoms with Crippen molar-refractivity contribution in [3.05, 3.63) is 77.4 Å². The first kappa shape index (κ1) is 18.9. The third-order valence-electron chi connectivity index (χ3n) is 5.35. The van der Waals surface area contributed by atoms with Crippen LogP contribution in [0.4, 0.5) is 9.18 Å². The van der Waals surface area contributed by atoms with Gasteiger partial charge in [0.05, 0.1) is 6.54 Å². The molecule has 0 radical (unpaired) electrons. The maximum Gasteiger partial charge on any atom is 0.329 e. The molecule has 1 aliphatic rings. The van der Waals surface area contributed by atoms with Crippen LogP contribution in [-0.4, -0.2) is 21.4 Å². The molecule has 1 aromatic heterocycles. The molecule has 1 atom stereocenters. The molecule has 1 fully saturated rings. The van der Waals surface area contributed by atoms with E-state index in [1.807, 2.05) is 24.4 Å². The Balaban J connectivity index is 1.66. The maximum atomic E-state index is 13.1. The van der Waals surface area contributed by atoms with Crippen LogP contribution in [0.3, 0.4) is 0 Å². The van der Waals surface area contributed by atoms with Gasteiger partial charge in [-0.1, -0.05) is 37.3 Å². The summed E-state index contributed by atoms with van der Waals surface area (Å²) >= 11 is 0. The highest BCUT2D eigenvalue weighted by Gasteiger charge is 2.33. The van der Waals surface area contributed by atoms with Crippen molar-refractivity contribution < 1.29 is 14.0 Å². The van der Waals surface area contributed by atoms with Crippen LogP contribution in [0, 0.1) is 5.82 Å². The summed E-state index contributed by atoms with van der Waals surface area (Å²) in [6.45, 7) is 4.37. The maximum absolute atomic E-state index is 13.1. The molecule has 2 heterocycles. The van der Waals surface area contributed by atoms with Crippen LogP contribution in [0.5, 0.6) is 0 Å². The zero-order valence-corrected chi connectivity index (χ0v) is 16.4. The summed E-state index contributed by atoms with van der Waals surface area (Å²) in [6, 6.07) is 13.6. The molecule has 0 bridgehead atoms. The molecule has 29 heavy (non-hydrogen) atoms.